The standard InChI is InChI=1S/C8H6F2/c1-6-2-3-7(9)5-8(10)4-6/h2-3,5H,1H3. The quantitative estimate of drug-likeness (QED) is 0.454. The molecular formula is C8H6F2. The molecule has 0 fully saturated rings. The maximum atomic E-state index is 12.4. The van der Waals surface area contributed by atoms with Gasteiger partial charge in [-0.15, -0.1) is 0 Å². The molecule has 0 unspecified atom stereocenters. The second kappa shape index (κ2) is 2.63. The van der Waals surface area contributed by atoms with Gasteiger partial charge in [0.05, 0.1) is 0 Å². The molecule has 0 aliphatic heterocycles. The summed E-state index contributed by atoms with van der Waals surface area (Å²) >= 11 is 0. The Balaban J connectivity index is 3.11. The third kappa shape index (κ3) is 1.67. The summed E-state index contributed by atoms with van der Waals surface area (Å²) in [5.74, 6) is -1.25. The van der Waals surface area contributed by atoms with Crippen LogP contribution < -0.4 is 0 Å². The smallest absolute Gasteiger partial charge is 0.168 e. The van der Waals surface area contributed by atoms with Crippen molar-refractivity contribution >= 4 is 0 Å². The van der Waals surface area contributed by atoms with E-state index >= 15 is 0 Å². The average molecular weight is 140 g/mol. The molecule has 0 atom stereocenters. The van der Waals surface area contributed by atoms with Crippen LogP contribution in [0.1, 0.15) is 6.92 Å². The minimum atomic E-state index is -0.667. The first kappa shape index (κ1) is 6.97. The molecule has 0 saturated heterocycles. The number of rotatable bonds is 0. The molecule has 0 bridgehead atoms. The highest BCUT2D eigenvalue weighted by Crippen LogP contribution is 2.11. The highest BCUT2D eigenvalue weighted by atomic mass is 19.1. The molecule has 0 amide bonds. The van der Waals surface area contributed by atoms with Crippen molar-refractivity contribution in [1.29, 1.82) is 0 Å². The molecule has 0 aromatic carbocycles. The zero-order chi connectivity index (χ0) is 7.56. The van der Waals surface area contributed by atoms with Gasteiger partial charge in [-0.1, -0.05) is 5.73 Å². The van der Waals surface area contributed by atoms with E-state index in [9.17, 15) is 8.78 Å². The second-order valence-corrected chi connectivity index (χ2v) is 2.02. The van der Waals surface area contributed by atoms with E-state index in [-0.39, 0.29) is 0 Å². The summed E-state index contributed by atoms with van der Waals surface area (Å²) in [6.45, 7) is 1.66. The van der Waals surface area contributed by atoms with Crippen LogP contribution in [0.25, 0.3) is 0 Å². The first-order valence-corrected chi connectivity index (χ1v) is 2.87. The summed E-state index contributed by atoms with van der Waals surface area (Å²) < 4.78 is 24.7. The molecule has 1 aliphatic carbocycles. The number of hydrogen-bond acceptors (Lipinski definition) is 0. The van der Waals surface area contributed by atoms with Crippen LogP contribution in [0.3, 0.4) is 0 Å². The van der Waals surface area contributed by atoms with Crippen molar-refractivity contribution in [3.63, 3.8) is 0 Å². The number of allylic oxidation sites excluding steroid dienone is 5. The van der Waals surface area contributed by atoms with Crippen LogP contribution in [0.4, 0.5) is 8.78 Å². The Labute approximate surface area is 57.9 Å². The van der Waals surface area contributed by atoms with E-state index in [0.29, 0.717) is 5.57 Å². The topological polar surface area (TPSA) is 0 Å². The molecule has 10 heavy (non-hydrogen) atoms. The van der Waals surface area contributed by atoms with Gasteiger partial charge in [-0.3, -0.25) is 0 Å². The van der Waals surface area contributed by atoms with Crippen LogP contribution in [0.15, 0.2) is 41.2 Å². The molecule has 0 aromatic heterocycles. The van der Waals surface area contributed by atoms with Gasteiger partial charge in [-0.05, 0) is 24.6 Å². The van der Waals surface area contributed by atoms with Crippen LogP contribution >= 0.6 is 0 Å². The lowest BCUT2D eigenvalue weighted by atomic mass is 10.3. The molecule has 2 heteroatoms. The van der Waals surface area contributed by atoms with Gasteiger partial charge >= 0.3 is 0 Å². The van der Waals surface area contributed by atoms with Crippen molar-refractivity contribution in [3.8, 4) is 0 Å². The van der Waals surface area contributed by atoms with E-state index < -0.39 is 11.7 Å². The maximum absolute atomic E-state index is 12.4. The van der Waals surface area contributed by atoms with Gasteiger partial charge in [0, 0.05) is 6.08 Å². The van der Waals surface area contributed by atoms with E-state index in [0.717, 1.165) is 6.08 Å². The van der Waals surface area contributed by atoms with E-state index in [1.54, 1.807) is 6.92 Å². The minimum Gasteiger partial charge on any atom is -0.207 e. The summed E-state index contributed by atoms with van der Waals surface area (Å²) in [7, 11) is 0. The van der Waals surface area contributed by atoms with Crippen molar-refractivity contribution in [2.75, 3.05) is 0 Å². The number of hydrogen-bond donors (Lipinski definition) is 0. The third-order valence-corrected chi connectivity index (χ3v) is 1.07. The van der Waals surface area contributed by atoms with Crippen LogP contribution in [0.5, 0.6) is 0 Å². The molecule has 0 N–H and O–H groups in total. The molecule has 1 aliphatic rings. The fourth-order valence-corrected chi connectivity index (χ4v) is 0.640. The fourth-order valence-electron chi connectivity index (χ4n) is 0.640. The molecule has 0 radical (unpaired) electrons. The molecule has 0 saturated carbocycles. The van der Waals surface area contributed by atoms with E-state index in [4.69, 9.17) is 0 Å². The van der Waals surface area contributed by atoms with Gasteiger partial charge in [0.15, 0.2) is 5.83 Å². The molecule has 0 spiro atoms. The van der Waals surface area contributed by atoms with Crippen molar-refractivity contribution in [2.45, 2.75) is 6.92 Å². The zero-order valence-corrected chi connectivity index (χ0v) is 5.49. The van der Waals surface area contributed by atoms with E-state index in [1.807, 2.05) is 0 Å². The SMILES string of the molecule is CC1=C=C(F)C=C(F)C=C1. The lowest BCUT2D eigenvalue weighted by Gasteiger charge is -1.79. The van der Waals surface area contributed by atoms with Gasteiger partial charge in [0.2, 0.25) is 0 Å². The summed E-state index contributed by atoms with van der Waals surface area (Å²) in [6.07, 6.45) is 3.47. The second-order valence-electron chi connectivity index (χ2n) is 2.02. The summed E-state index contributed by atoms with van der Waals surface area (Å²) in [6, 6.07) is 0. The summed E-state index contributed by atoms with van der Waals surface area (Å²) in [5.41, 5.74) is 2.92. The van der Waals surface area contributed by atoms with E-state index in [1.165, 1.54) is 12.2 Å². The minimum absolute atomic E-state index is 0.582. The van der Waals surface area contributed by atoms with Crippen molar-refractivity contribution in [3.05, 3.63) is 41.2 Å². The molecule has 0 aromatic rings. The Morgan fingerprint density at radius 2 is 2.00 bits per heavy atom. The predicted octanol–water partition coefficient (Wildman–Crippen LogP) is 2.81. The third-order valence-electron chi connectivity index (χ3n) is 1.07. The summed E-state index contributed by atoms with van der Waals surface area (Å²) in [4.78, 5) is 0. The van der Waals surface area contributed by atoms with Gasteiger partial charge in [0.25, 0.3) is 0 Å². The van der Waals surface area contributed by atoms with Crippen molar-refractivity contribution < 1.29 is 8.78 Å². The Hall–Kier alpha value is -1.14. The maximum Gasteiger partial charge on any atom is 0.168 e. The molecule has 1 rings (SSSR count). The Bertz CT molecular complexity index is 263. The average Bonchev–Trinajstić information content (AvgIpc) is 1.93. The Morgan fingerprint density at radius 1 is 1.30 bits per heavy atom. The predicted molar refractivity (Wildman–Crippen MR) is 35.7 cm³/mol. The fraction of sp³-hybridized carbons (Fsp3) is 0.125. The highest BCUT2D eigenvalue weighted by molar-refractivity contribution is 5.32. The first-order chi connectivity index (χ1) is 4.68. The monoisotopic (exact) mass is 140 g/mol. The Kier molecular flexibility index (Phi) is 1.83. The molecule has 52 valence electrons. The highest BCUT2D eigenvalue weighted by Gasteiger charge is 1.95. The molecular weight excluding hydrogens is 134 g/mol. The normalized spacial score (nSPS) is 17.3. The molecule has 0 nitrogen and oxygen atoms in total. The molecule has 0 heterocycles. The van der Waals surface area contributed by atoms with Crippen molar-refractivity contribution in [1.82, 2.24) is 0 Å². The van der Waals surface area contributed by atoms with Crippen LogP contribution in [0, 0.1) is 0 Å². The number of halogens is 2. The van der Waals surface area contributed by atoms with E-state index in [2.05, 4.69) is 5.73 Å². The van der Waals surface area contributed by atoms with Crippen LogP contribution in [-0.2, 0) is 0 Å². The van der Waals surface area contributed by atoms with Gasteiger partial charge in [-0.25, -0.2) is 4.39 Å². The summed E-state index contributed by atoms with van der Waals surface area (Å²) in [5, 5.41) is 0. The lowest BCUT2D eigenvalue weighted by molar-refractivity contribution is 0.633. The first-order valence-electron chi connectivity index (χ1n) is 2.87. The Morgan fingerprint density at radius 3 is 2.70 bits per heavy atom. The lowest BCUT2D eigenvalue weighted by Crippen LogP contribution is -1.63. The van der Waals surface area contributed by atoms with Crippen LogP contribution in [-0.4, -0.2) is 0 Å². The van der Waals surface area contributed by atoms with Gasteiger partial charge in [-0.2, -0.15) is 4.39 Å². The largest absolute Gasteiger partial charge is 0.207 e. The zero-order valence-electron chi connectivity index (χ0n) is 5.49. The van der Waals surface area contributed by atoms with Crippen molar-refractivity contribution in [2.24, 2.45) is 0 Å². The van der Waals surface area contributed by atoms with Gasteiger partial charge in [0.1, 0.15) is 5.83 Å². The van der Waals surface area contributed by atoms with Crippen LogP contribution in [0.2, 0.25) is 0 Å². The van der Waals surface area contributed by atoms with Gasteiger partial charge < -0.3 is 0 Å².